The lowest BCUT2D eigenvalue weighted by molar-refractivity contribution is 0.127. The molecular weight excluding hydrogens is 212 g/mol. The first-order valence-electron chi connectivity index (χ1n) is 6.40. The van der Waals surface area contributed by atoms with Crippen LogP contribution in [0, 0.1) is 5.92 Å². The van der Waals surface area contributed by atoms with Crippen LogP contribution in [0.3, 0.4) is 0 Å². The number of aromatic nitrogens is 1. The zero-order valence-corrected chi connectivity index (χ0v) is 10.8. The highest BCUT2D eigenvalue weighted by Crippen LogP contribution is 2.47. The van der Waals surface area contributed by atoms with E-state index in [0.717, 1.165) is 25.6 Å². The van der Waals surface area contributed by atoms with Crippen molar-refractivity contribution in [3.05, 3.63) is 30.1 Å². The number of rotatable bonds is 6. The lowest BCUT2D eigenvalue weighted by Gasteiger charge is -2.49. The van der Waals surface area contributed by atoms with Crippen LogP contribution in [-0.2, 0) is 10.2 Å². The molecule has 0 aromatic carbocycles. The van der Waals surface area contributed by atoms with Gasteiger partial charge in [-0.25, -0.2) is 0 Å². The van der Waals surface area contributed by atoms with Crippen LogP contribution in [0.2, 0.25) is 0 Å². The Balaban J connectivity index is 2.01. The third kappa shape index (κ3) is 2.50. The van der Waals surface area contributed by atoms with Gasteiger partial charge in [0, 0.05) is 38.0 Å². The van der Waals surface area contributed by atoms with Crippen LogP contribution in [0.15, 0.2) is 24.5 Å². The van der Waals surface area contributed by atoms with Crippen LogP contribution in [-0.4, -0.2) is 31.8 Å². The minimum Gasteiger partial charge on any atom is -0.383 e. The van der Waals surface area contributed by atoms with Crippen molar-refractivity contribution >= 4 is 0 Å². The zero-order valence-electron chi connectivity index (χ0n) is 10.8. The molecule has 3 heteroatoms. The van der Waals surface area contributed by atoms with Crippen molar-refractivity contribution in [2.75, 3.05) is 26.8 Å². The summed E-state index contributed by atoms with van der Waals surface area (Å²) in [4.78, 5) is 4.26. The maximum Gasteiger partial charge on any atom is 0.0587 e. The zero-order chi connectivity index (χ0) is 12.1. The average molecular weight is 234 g/mol. The first kappa shape index (κ1) is 12.5. The lowest BCUT2D eigenvalue weighted by Crippen LogP contribution is -2.50. The Morgan fingerprint density at radius 3 is 3.00 bits per heavy atom. The molecule has 0 radical (unpaired) electrons. The first-order valence-corrected chi connectivity index (χ1v) is 6.40. The monoisotopic (exact) mass is 234 g/mol. The quantitative estimate of drug-likeness (QED) is 0.764. The van der Waals surface area contributed by atoms with Crippen LogP contribution in [0.5, 0.6) is 0 Å². The van der Waals surface area contributed by atoms with E-state index in [0.29, 0.717) is 5.41 Å². The van der Waals surface area contributed by atoms with E-state index in [2.05, 4.69) is 23.3 Å². The Morgan fingerprint density at radius 2 is 2.47 bits per heavy atom. The number of pyridine rings is 1. The van der Waals surface area contributed by atoms with E-state index in [1.54, 1.807) is 7.11 Å². The molecule has 0 amide bonds. The van der Waals surface area contributed by atoms with E-state index >= 15 is 0 Å². The molecule has 17 heavy (non-hydrogen) atoms. The van der Waals surface area contributed by atoms with Gasteiger partial charge in [-0.05, 0) is 30.4 Å². The van der Waals surface area contributed by atoms with Crippen LogP contribution in [0.4, 0.5) is 0 Å². The van der Waals surface area contributed by atoms with Crippen molar-refractivity contribution in [1.82, 2.24) is 10.3 Å². The molecule has 3 nitrogen and oxygen atoms in total. The van der Waals surface area contributed by atoms with Crippen molar-refractivity contribution in [2.24, 2.45) is 5.92 Å². The Kier molecular flexibility index (Phi) is 4.13. The molecule has 1 N–H and O–H groups in total. The highest BCUT2D eigenvalue weighted by Gasteiger charge is 2.44. The van der Waals surface area contributed by atoms with Gasteiger partial charge in [-0.15, -0.1) is 0 Å². The normalized spacial score (nSPS) is 27.8. The molecule has 1 aromatic heterocycles. The standard InChI is InChI=1S/C14H22N2O/c1-12-5-6-14(12,11-16-8-9-17-2)13-4-3-7-15-10-13/h3-4,7,10,12,16H,5-6,8-9,11H2,1-2H3. The Hall–Kier alpha value is -0.930. The van der Waals surface area contributed by atoms with Crippen molar-refractivity contribution in [3.8, 4) is 0 Å². The Bertz CT molecular complexity index is 341. The molecule has 1 saturated carbocycles. The van der Waals surface area contributed by atoms with E-state index in [-0.39, 0.29) is 0 Å². The molecule has 1 heterocycles. The van der Waals surface area contributed by atoms with Gasteiger partial charge in [-0.2, -0.15) is 0 Å². The summed E-state index contributed by atoms with van der Waals surface area (Å²) in [6, 6.07) is 4.25. The van der Waals surface area contributed by atoms with E-state index in [1.165, 1.54) is 18.4 Å². The number of hydrogen-bond donors (Lipinski definition) is 1. The highest BCUT2D eigenvalue weighted by molar-refractivity contribution is 5.27. The number of nitrogens with one attached hydrogen (secondary N) is 1. The largest absolute Gasteiger partial charge is 0.383 e. The summed E-state index contributed by atoms with van der Waals surface area (Å²) in [5, 5.41) is 3.51. The van der Waals surface area contributed by atoms with Crippen LogP contribution in [0.25, 0.3) is 0 Å². The fourth-order valence-corrected chi connectivity index (χ4v) is 2.72. The van der Waals surface area contributed by atoms with Gasteiger partial charge in [0.05, 0.1) is 6.61 Å². The second-order valence-corrected chi connectivity index (χ2v) is 5.01. The number of methoxy groups -OCH3 is 1. The van der Waals surface area contributed by atoms with Crippen molar-refractivity contribution < 1.29 is 4.74 Å². The van der Waals surface area contributed by atoms with Gasteiger partial charge >= 0.3 is 0 Å². The highest BCUT2D eigenvalue weighted by atomic mass is 16.5. The van der Waals surface area contributed by atoms with Crippen LogP contribution >= 0.6 is 0 Å². The molecule has 0 saturated heterocycles. The predicted octanol–water partition coefficient (Wildman–Crippen LogP) is 1.99. The molecule has 2 unspecified atom stereocenters. The second kappa shape index (κ2) is 5.61. The Labute approximate surface area is 104 Å². The molecule has 1 aromatic rings. The average Bonchev–Trinajstić information content (AvgIpc) is 2.38. The third-order valence-corrected chi connectivity index (χ3v) is 4.13. The SMILES string of the molecule is COCCNCC1(c2cccnc2)CCC1C. The molecule has 2 rings (SSSR count). The van der Waals surface area contributed by atoms with E-state index < -0.39 is 0 Å². The van der Waals surface area contributed by atoms with Gasteiger partial charge in [-0.3, -0.25) is 4.98 Å². The second-order valence-electron chi connectivity index (χ2n) is 5.01. The van der Waals surface area contributed by atoms with Gasteiger partial charge in [0.2, 0.25) is 0 Å². The number of nitrogens with zero attached hydrogens (tertiary/aromatic N) is 1. The molecular formula is C14H22N2O. The van der Waals surface area contributed by atoms with Gasteiger partial charge in [-0.1, -0.05) is 13.0 Å². The van der Waals surface area contributed by atoms with Gasteiger partial charge < -0.3 is 10.1 Å². The topological polar surface area (TPSA) is 34.1 Å². The van der Waals surface area contributed by atoms with Crippen LogP contribution in [0.1, 0.15) is 25.3 Å². The van der Waals surface area contributed by atoms with Gasteiger partial charge in [0.15, 0.2) is 0 Å². The maximum absolute atomic E-state index is 5.07. The van der Waals surface area contributed by atoms with Crippen molar-refractivity contribution in [1.29, 1.82) is 0 Å². The van der Waals surface area contributed by atoms with Crippen LogP contribution < -0.4 is 5.32 Å². The van der Waals surface area contributed by atoms with Crippen molar-refractivity contribution in [3.63, 3.8) is 0 Å². The minimum absolute atomic E-state index is 0.294. The summed E-state index contributed by atoms with van der Waals surface area (Å²) in [5.41, 5.74) is 1.67. The van der Waals surface area contributed by atoms with E-state index in [1.807, 2.05) is 18.5 Å². The van der Waals surface area contributed by atoms with E-state index in [9.17, 15) is 0 Å². The fourth-order valence-electron chi connectivity index (χ4n) is 2.72. The smallest absolute Gasteiger partial charge is 0.0587 e. The summed E-state index contributed by atoms with van der Waals surface area (Å²) < 4.78 is 5.07. The number of hydrogen-bond acceptors (Lipinski definition) is 3. The molecule has 94 valence electrons. The number of ether oxygens (including phenoxy) is 1. The third-order valence-electron chi connectivity index (χ3n) is 4.13. The molecule has 0 spiro atoms. The predicted molar refractivity (Wildman–Crippen MR) is 69.1 cm³/mol. The molecule has 1 aliphatic carbocycles. The summed E-state index contributed by atoms with van der Waals surface area (Å²) >= 11 is 0. The van der Waals surface area contributed by atoms with Gasteiger partial charge in [0.1, 0.15) is 0 Å². The molecule has 0 aliphatic heterocycles. The minimum atomic E-state index is 0.294. The molecule has 0 bridgehead atoms. The van der Waals surface area contributed by atoms with Gasteiger partial charge in [0.25, 0.3) is 0 Å². The maximum atomic E-state index is 5.07. The van der Waals surface area contributed by atoms with Crippen molar-refractivity contribution in [2.45, 2.75) is 25.2 Å². The summed E-state index contributed by atoms with van der Waals surface area (Å²) in [5.74, 6) is 0.738. The lowest BCUT2D eigenvalue weighted by atomic mass is 9.57. The molecule has 1 aliphatic rings. The summed E-state index contributed by atoms with van der Waals surface area (Å²) in [7, 11) is 1.74. The summed E-state index contributed by atoms with van der Waals surface area (Å²) in [6.45, 7) is 5.07. The fraction of sp³-hybridized carbons (Fsp3) is 0.643. The molecule has 1 fully saturated rings. The first-order chi connectivity index (χ1) is 8.29. The summed E-state index contributed by atoms with van der Waals surface area (Å²) in [6.07, 6.45) is 6.45. The van der Waals surface area contributed by atoms with E-state index in [4.69, 9.17) is 4.74 Å². The Morgan fingerprint density at radius 1 is 1.59 bits per heavy atom. The molecule has 2 atom stereocenters.